The number of hydrogen-bond acceptors (Lipinski definition) is 4. The van der Waals surface area contributed by atoms with Crippen molar-refractivity contribution >= 4 is 11.5 Å². The van der Waals surface area contributed by atoms with Crippen molar-refractivity contribution < 1.29 is 17.9 Å². The molecule has 0 aliphatic heterocycles. The SMILES string of the molecule is CCCc1ccc(Nc2nc(OCc3ccccc3)ncc2C(F)(F)F)cc1. The van der Waals surface area contributed by atoms with E-state index in [0.29, 0.717) is 5.69 Å². The van der Waals surface area contributed by atoms with Gasteiger partial charge in [-0.3, -0.25) is 0 Å². The van der Waals surface area contributed by atoms with Gasteiger partial charge in [-0.15, -0.1) is 0 Å². The van der Waals surface area contributed by atoms with Crippen LogP contribution in [0, 0.1) is 0 Å². The summed E-state index contributed by atoms with van der Waals surface area (Å²) in [4.78, 5) is 7.65. The lowest BCUT2D eigenvalue weighted by Gasteiger charge is -2.15. The molecule has 0 saturated heterocycles. The number of anilines is 2. The molecule has 4 nitrogen and oxygen atoms in total. The molecule has 3 aromatic rings. The third-order valence-corrected chi connectivity index (χ3v) is 4.04. The molecule has 7 heteroatoms. The van der Waals surface area contributed by atoms with E-state index in [9.17, 15) is 13.2 Å². The number of aromatic nitrogens is 2. The van der Waals surface area contributed by atoms with E-state index in [1.54, 1.807) is 12.1 Å². The van der Waals surface area contributed by atoms with E-state index >= 15 is 0 Å². The standard InChI is InChI=1S/C21H20F3N3O/c1-2-6-15-9-11-17(12-10-15)26-19-18(21(22,23)24)13-25-20(27-19)28-14-16-7-4-3-5-8-16/h3-5,7-13H,2,6,14H2,1H3,(H,25,26,27). The van der Waals surface area contributed by atoms with Crippen molar-refractivity contribution in [1.29, 1.82) is 0 Å². The quantitative estimate of drug-likeness (QED) is 0.559. The van der Waals surface area contributed by atoms with Gasteiger partial charge in [-0.1, -0.05) is 55.8 Å². The van der Waals surface area contributed by atoms with E-state index in [1.807, 2.05) is 42.5 Å². The summed E-state index contributed by atoms with van der Waals surface area (Å²) in [6.07, 6.45) is -1.93. The van der Waals surface area contributed by atoms with Crippen LogP contribution in [-0.4, -0.2) is 9.97 Å². The number of hydrogen-bond donors (Lipinski definition) is 1. The lowest BCUT2D eigenvalue weighted by Crippen LogP contribution is -2.12. The number of ether oxygens (including phenoxy) is 1. The van der Waals surface area contributed by atoms with Gasteiger partial charge in [-0.25, -0.2) is 4.98 Å². The Bertz CT molecular complexity index is 897. The van der Waals surface area contributed by atoms with Crippen molar-refractivity contribution in [2.24, 2.45) is 0 Å². The number of rotatable bonds is 7. The second kappa shape index (κ2) is 8.73. The maximum absolute atomic E-state index is 13.3. The van der Waals surface area contributed by atoms with Crippen LogP contribution in [0.3, 0.4) is 0 Å². The highest BCUT2D eigenvalue weighted by atomic mass is 19.4. The van der Waals surface area contributed by atoms with Gasteiger partial charge in [0.25, 0.3) is 0 Å². The molecule has 0 aliphatic carbocycles. The lowest BCUT2D eigenvalue weighted by molar-refractivity contribution is -0.137. The molecular formula is C21H20F3N3O. The molecule has 3 rings (SSSR count). The Morgan fingerprint density at radius 1 is 0.964 bits per heavy atom. The van der Waals surface area contributed by atoms with E-state index in [-0.39, 0.29) is 18.4 Å². The van der Waals surface area contributed by atoms with E-state index in [2.05, 4.69) is 22.2 Å². The van der Waals surface area contributed by atoms with Crippen LogP contribution in [0.15, 0.2) is 60.8 Å². The Kier molecular flexibility index (Phi) is 6.13. The molecule has 28 heavy (non-hydrogen) atoms. The molecule has 0 fully saturated rings. The van der Waals surface area contributed by atoms with E-state index in [1.165, 1.54) is 0 Å². The minimum atomic E-state index is -4.58. The van der Waals surface area contributed by atoms with Crippen LogP contribution in [-0.2, 0) is 19.2 Å². The van der Waals surface area contributed by atoms with Crippen molar-refractivity contribution in [3.8, 4) is 6.01 Å². The summed E-state index contributed by atoms with van der Waals surface area (Å²) in [5.41, 5.74) is 1.56. The van der Waals surface area contributed by atoms with Crippen molar-refractivity contribution in [2.45, 2.75) is 32.5 Å². The summed E-state index contributed by atoms with van der Waals surface area (Å²) in [7, 11) is 0. The molecule has 0 saturated carbocycles. The first kappa shape index (κ1) is 19.7. The zero-order valence-corrected chi connectivity index (χ0v) is 15.3. The Morgan fingerprint density at radius 2 is 1.68 bits per heavy atom. The van der Waals surface area contributed by atoms with Crippen molar-refractivity contribution in [2.75, 3.05) is 5.32 Å². The predicted molar refractivity (Wildman–Crippen MR) is 102 cm³/mol. The zero-order chi connectivity index (χ0) is 20.0. The van der Waals surface area contributed by atoms with Gasteiger partial charge in [-0.05, 0) is 29.7 Å². The van der Waals surface area contributed by atoms with Crippen molar-refractivity contribution in [3.05, 3.63) is 77.5 Å². The summed E-state index contributed by atoms with van der Waals surface area (Å²) in [5.74, 6) is -0.339. The zero-order valence-electron chi connectivity index (χ0n) is 15.3. The highest BCUT2D eigenvalue weighted by molar-refractivity contribution is 5.60. The summed E-state index contributed by atoms with van der Waals surface area (Å²) in [6, 6.07) is 16.4. The van der Waals surface area contributed by atoms with Gasteiger partial charge in [0, 0.05) is 11.9 Å². The number of halogens is 3. The molecule has 146 valence electrons. The molecule has 2 aromatic carbocycles. The lowest BCUT2D eigenvalue weighted by atomic mass is 10.1. The second-order valence-corrected chi connectivity index (χ2v) is 6.26. The second-order valence-electron chi connectivity index (χ2n) is 6.26. The molecule has 1 aromatic heterocycles. The third kappa shape index (κ3) is 5.22. The van der Waals surface area contributed by atoms with Crippen molar-refractivity contribution in [3.63, 3.8) is 0 Å². The smallest absolute Gasteiger partial charge is 0.421 e. The molecule has 0 unspecified atom stereocenters. The normalized spacial score (nSPS) is 11.3. The first-order valence-electron chi connectivity index (χ1n) is 8.92. The summed E-state index contributed by atoms with van der Waals surface area (Å²) >= 11 is 0. The van der Waals surface area contributed by atoms with Crippen LogP contribution in [0.5, 0.6) is 6.01 Å². The van der Waals surface area contributed by atoms with Crippen molar-refractivity contribution in [1.82, 2.24) is 9.97 Å². The average molecular weight is 387 g/mol. The van der Waals surface area contributed by atoms with E-state index in [0.717, 1.165) is 30.2 Å². The third-order valence-electron chi connectivity index (χ3n) is 4.04. The van der Waals surface area contributed by atoms with Crippen LogP contribution in [0.25, 0.3) is 0 Å². The maximum Gasteiger partial charge on any atom is 0.421 e. The number of aryl methyl sites for hydroxylation is 1. The Morgan fingerprint density at radius 3 is 2.32 bits per heavy atom. The Labute approximate surface area is 161 Å². The van der Waals surface area contributed by atoms with Gasteiger partial charge in [-0.2, -0.15) is 18.2 Å². The molecule has 0 radical (unpaired) electrons. The molecule has 0 bridgehead atoms. The molecule has 1 N–H and O–H groups in total. The van der Waals surface area contributed by atoms with Gasteiger partial charge in [0.1, 0.15) is 18.0 Å². The summed E-state index contributed by atoms with van der Waals surface area (Å²) < 4.78 is 45.5. The first-order valence-corrected chi connectivity index (χ1v) is 8.92. The minimum Gasteiger partial charge on any atom is -0.459 e. The van der Waals surface area contributed by atoms with Crippen LogP contribution in [0.2, 0.25) is 0 Å². The van der Waals surface area contributed by atoms with Gasteiger partial charge in [0.15, 0.2) is 0 Å². The van der Waals surface area contributed by atoms with Crippen LogP contribution in [0.1, 0.15) is 30.0 Å². The number of benzene rings is 2. The molecule has 0 spiro atoms. The van der Waals surface area contributed by atoms with E-state index in [4.69, 9.17) is 4.74 Å². The van der Waals surface area contributed by atoms with Crippen LogP contribution in [0.4, 0.5) is 24.7 Å². The molecule has 0 atom stereocenters. The number of nitrogens with one attached hydrogen (secondary N) is 1. The van der Waals surface area contributed by atoms with Gasteiger partial charge >= 0.3 is 12.2 Å². The molecular weight excluding hydrogens is 367 g/mol. The van der Waals surface area contributed by atoms with Gasteiger partial charge in [0.05, 0.1) is 0 Å². The van der Waals surface area contributed by atoms with E-state index < -0.39 is 11.7 Å². The molecule has 0 aliphatic rings. The first-order chi connectivity index (χ1) is 13.5. The van der Waals surface area contributed by atoms with Crippen LogP contribution >= 0.6 is 0 Å². The fourth-order valence-electron chi connectivity index (χ4n) is 2.64. The predicted octanol–water partition coefficient (Wildman–Crippen LogP) is 5.77. The average Bonchev–Trinajstić information content (AvgIpc) is 2.68. The largest absolute Gasteiger partial charge is 0.459 e. The van der Waals surface area contributed by atoms with Crippen LogP contribution < -0.4 is 10.1 Å². The topological polar surface area (TPSA) is 47.0 Å². The fraction of sp³-hybridized carbons (Fsp3) is 0.238. The highest BCUT2D eigenvalue weighted by Crippen LogP contribution is 2.35. The molecule has 1 heterocycles. The summed E-state index contributed by atoms with van der Waals surface area (Å²) in [5, 5.41) is 2.74. The monoisotopic (exact) mass is 387 g/mol. The Hall–Kier alpha value is -3.09. The van der Waals surface area contributed by atoms with Gasteiger partial charge in [0.2, 0.25) is 0 Å². The highest BCUT2D eigenvalue weighted by Gasteiger charge is 2.35. The molecule has 0 amide bonds. The fourth-order valence-corrected chi connectivity index (χ4v) is 2.64. The number of alkyl halides is 3. The Balaban J connectivity index is 1.81. The maximum atomic E-state index is 13.3. The summed E-state index contributed by atoms with van der Waals surface area (Å²) in [6.45, 7) is 2.23. The van der Waals surface area contributed by atoms with Gasteiger partial charge < -0.3 is 10.1 Å². The minimum absolute atomic E-state index is 0.123. The number of nitrogens with zero attached hydrogens (tertiary/aromatic N) is 2.